The van der Waals surface area contributed by atoms with Crippen molar-refractivity contribution in [3.8, 4) is 0 Å². The summed E-state index contributed by atoms with van der Waals surface area (Å²) in [6.07, 6.45) is 1.87. The lowest BCUT2D eigenvalue weighted by Crippen LogP contribution is -2.09. The van der Waals surface area contributed by atoms with E-state index in [4.69, 9.17) is 0 Å². The van der Waals surface area contributed by atoms with E-state index in [9.17, 15) is 4.79 Å². The fourth-order valence-electron chi connectivity index (χ4n) is 0.288. The van der Waals surface area contributed by atoms with E-state index >= 15 is 0 Å². The Hall–Kier alpha value is -0.440. The summed E-state index contributed by atoms with van der Waals surface area (Å²) in [5.74, 6) is 1.95. The Balaban J connectivity index is 3.45. The van der Waals surface area contributed by atoms with Gasteiger partial charge in [-0.15, -0.1) is 0 Å². The first kappa shape index (κ1) is 8.56. The van der Waals surface area contributed by atoms with Gasteiger partial charge in [0.25, 0.3) is 0 Å². The number of hydrogen-bond acceptors (Lipinski definition) is 4. The Bertz CT molecular complexity index is 120. The summed E-state index contributed by atoms with van der Waals surface area (Å²) in [5.41, 5.74) is 0. The maximum absolute atomic E-state index is 9.91. The summed E-state index contributed by atoms with van der Waals surface area (Å²) in [7, 11) is 1.45. The van der Waals surface area contributed by atoms with E-state index in [0.717, 1.165) is 0 Å². The Morgan fingerprint density at radius 3 is 2.89 bits per heavy atom. The van der Waals surface area contributed by atoms with Crippen LogP contribution < -0.4 is 4.72 Å². The van der Waals surface area contributed by atoms with Crippen molar-refractivity contribution in [1.29, 1.82) is 0 Å². The zero-order valence-electron chi connectivity index (χ0n) is 5.43. The minimum Gasteiger partial charge on any atom is -0.489 e. The first-order valence-electron chi connectivity index (χ1n) is 2.39. The average molecular weight is 147 g/mol. The van der Waals surface area contributed by atoms with E-state index in [2.05, 4.69) is 9.46 Å². The number of carbonyl (C=O) groups excluding carboxylic acids is 1. The third kappa shape index (κ3) is 4.09. The van der Waals surface area contributed by atoms with Gasteiger partial charge in [-0.25, -0.2) is 4.79 Å². The largest absolute Gasteiger partial charge is 0.489 e. The second-order valence-corrected chi connectivity index (χ2v) is 1.95. The molecule has 4 heteroatoms. The van der Waals surface area contributed by atoms with Crippen LogP contribution in [0.5, 0.6) is 0 Å². The zero-order valence-corrected chi connectivity index (χ0v) is 6.25. The fraction of sp³-hybridized carbons (Fsp3) is 0.600. The summed E-state index contributed by atoms with van der Waals surface area (Å²) in [6, 6.07) is 0. The number of ether oxygens (including phenoxy) is 1. The van der Waals surface area contributed by atoms with Gasteiger partial charge < -0.3 is 4.74 Å². The van der Waals surface area contributed by atoms with Crippen LogP contribution >= 0.6 is 11.9 Å². The molecule has 0 heterocycles. The average Bonchev–Trinajstić information content (AvgIpc) is 1.91. The van der Waals surface area contributed by atoms with Crippen LogP contribution in [0, 0.1) is 0 Å². The Morgan fingerprint density at radius 2 is 2.56 bits per heavy atom. The van der Waals surface area contributed by atoms with Crippen molar-refractivity contribution in [3.63, 3.8) is 0 Å². The molecule has 0 radical (unpaired) electrons. The van der Waals surface area contributed by atoms with Gasteiger partial charge in [-0.3, -0.25) is 4.72 Å². The molecule has 0 rings (SSSR count). The molecular formula is C5H9NO2S. The van der Waals surface area contributed by atoms with Gasteiger partial charge in [-0.05, 0) is 6.26 Å². The van der Waals surface area contributed by atoms with Crippen molar-refractivity contribution in [3.05, 3.63) is 5.76 Å². The minimum absolute atomic E-state index is 0.296. The van der Waals surface area contributed by atoms with Crippen molar-refractivity contribution in [2.45, 2.75) is 0 Å². The van der Waals surface area contributed by atoms with Crippen molar-refractivity contribution >= 4 is 17.9 Å². The minimum atomic E-state index is 0.296. The molecule has 0 amide bonds. The second-order valence-electron chi connectivity index (χ2n) is 1.25. The van der Waals surface area contributed by atoms with E-state index < -0.39 is 0 Å². The number of nitrogens with one attached hydrogen (secondary N) is 1. The number of methoxy groups -OCH3 is 1. The smallest absolute Gasteiger partial charge is 0.194 e. The highest BCUT2D eigenvalue weighted by Crippen LogP contribution is 1.88. The van der Waals surface area contributed by atoms with Crippen molar-refractivity contribution in [1.82, 2.24) is 4.72 Å². The lowest BCUT2D eigenvalue weighted by Gasteiger charge is -1.99. The summed E-state index contributed by atoms with van der Waals surface area (Å²) < 4.78 is 7.46. The molecule has 9 heavy (non-hydrogen) atoms. The third-order valence-corrected chi connectivity index (χ3v) is 1.17. The van der Waals surface area contributed by atoms with Gasteiger partial charge in [0.15, 0.2) is 11.7 Å². The van der Waals surface area contributed by atoms with E-state index in [1.807, 2.05) is 6.26 Å². The molecule has 0 atom stereocenters. The molecule has 0 aromatic heterocycles. The normalized spacial score (nSPS) is 8.22. The standard InChI is InChI=1S/C5H9NO2S/c1-8-5(4-7)3-6-9-2/h6H,3H2,1-2H3. The molecule has 3 nitrogen and oxygen atoms in total. The second kappa shape index (κ2) is 5.69. The molecule has 0 aliphatic rings. The van der Waals surface area contributed by atoms with Crippen LogP contribution in [0.3, 0.4) is 0 Å². The highest BCUT2D eigenvalue weighted by Gasteiger charge is 1.92. The van der Waals surface area contributed by atoms with Crippen LogP contribution in [0.4, 0.5) is 0 Å². The van der Waals surface area contributed by atoms with Crippen LogP contribution in [-0.2, 0) is 9.53 Å². The van der Waals surface area contributed by atoms with Crippen LogP contribution in [0.2, 0.25) is 0 Å². The molecular weight excluding hydrogens is 138 g/mol. The molecule has 0 unspecified atom stereocenters. The first-order valence-corrected chi connectivity index (χ1v) is 3.61. The molecule has 0 bridgehead atoms. The molecule has 0 aliphatic carbocycles. The summed E-state index contributed by atoms with van der Waals surface area (Å²) >= 11 is 1.43. The molecule has 0 saturated carbocycles. The molecule has 0 aliphatic heterocycles. The summed E-state index contributed by atoms with van der Waals surface area (Å²) in [4.78, 5) is 9.91. The van der Waals surface area contributed by atoms with E-state index in [-0.39, 0.29) is 0 Å². The van der Waals surface area contributed by atoms with Gasteiger partial charge >= 0.3 is 0 Å². The lowest BCUT2D eigenvalue weighted by atomic mass is 10.6. The predicted octanol–water partition coefficient (Wildman–Crippen LogP) is 0.216. The van der Waals surface area contributed by atoms with Gasteiger partial charge in [-0.1, -0.05) is 11.9 Å². The maximum atomic E-state index is 9.91. The van der Waals surface area contributed by atoms with Crippen molar-refractivity contribution in [2.24, 2.45) is 0 Å². The van der Waals surface area contributed by atoms with Crippen molar-refractivity contribution in [2.75, 3.05) is 19.9 Å². The lowest BCUT2D eigenvalue weighted by molar-refractivity contribution is 0.288. The van der Waals surface area contributed by atoms with Crippen LogP contribution in [-0.4, -0.2) is 25.9 Å². The quantitative estimate of drug-likeness (QED) is 0.350. The van der Waals surface area contributed by atoms with E-state index in [0.29, 0.717) is 12.3 Å². The SMILES string of the molecule is COC(=C=O)CNSC. The molecule has 0 spiro atoms. The number of hydrogen-bond donors (Lipinski definition) is 1. The number of rotatable bonds is 4. The summed E-state index contributed by atoms with van der Waals surface area (Å²) in [6.45, 7) is 0.432. The molecule has 1 N–H and O–H groups in total. The zero-order chi connectivity index (χ0) is 7.11. The van der Waals surface area contributed by atoms with Crippen LogP contribution in [0.25, 0.3) is 0 Å². The topological polar surface area (TPSA) is 38.3 Å². The van der Waals surface area contributed by atoms with Crippen LogP contribution in [0.15, 0.2) is 5.76 Å². The summed E-state index contributed by atoms with van der Waals surface area (Å²) in [5, 5.41) is 0. The highest BCUT2D eigenvalue weighted by atomic mass is 32.2. The Kier molecular flexibility index (Phi) is 5.41. The van der Waals surface area contributed by atoms with Gasteiger partial charge in [0, 0.05) is 0 Å². The van der Waals surface area contributed by atoms with Gasteiger partial charge in [0.2, 0.25) is 0 Å². The van der Waals surface area contributed by atoms with Gasteiger partial charge in [0.1, 0.15) is 0 Å². The van der Waals surface area contributed by atoms with Crippen LogP contribution in [0.1, 0.15) is 0 Å². The fourth-order valence-corrected chi connectivity index (χ4v) is 0.563. The first-order chi connectivity index (χ1) is 4.35. The third-order valence-electron chi connectivity index (χ3n) is 0.737. The molecule has 0 aromatic carbocycles. The molecule has 52 valence electrons. The maximum Gasteiger partial charge on any atom is 0.194 e. The van der Waals surface area contributed by atoms with E-state index in [1.54, 1.807) is 5.94 Å². The molecule has 0 saturated heterocycles. The Morgan fingerprint density at radius 1 is 1.89 bits per heavy atom. The molecule has 0 aromatic rings. The van der Waals surface area contributed by atoms with Gasteiger partial charge in [0.05, 0.1) is 13.7 Å². The predicted molar refractivity (Wildman–Crippen MR) is 37.7 cm³/mol. The molecule has 0 fully saturated rings. The van der Waals surface area contributed by atoms with Crippen molar-refractivity contribution < 1.29 is 9.53 Å². The highest BCUT2D eigenvalue weighted by molar-refractivity contribution is 7.96. The van der Waals surface area contributed by atoms with Gasteiger partial charge in [-0.2, -0.15) is 0 Å². The Labute approximate surface area is 58.6 Å². The van der Waals surface area contributed by atoms with E-state index in [1.165, 1.54) is 19.1 Å². The monoisotopic (exact) mass is 147 g/mol.